The molecule has 0 amide bonds. The molecule has 0 aliphatic carbocycles. The minimum absolute atomic E-state index is 0.0265. The second kappa shape index (κ2) is 8.08. The van der Waals surface area contributed by atoms with Crippen LogP contribution in [-0.2, 0) is 0 Å². The number of rotatable bonds is 5. The highest BCUT2D eigenvalue weighted by molar-refractivity contribution is 7.73. The largest absolute Gasteiger partial charge is 0.404 e. The Morgan fingerprint density at radius 3 is 2.10 bits per heavy atom. The van der Waals surface area contributed by atoms with Gasteiger partial charge < -0.3 is 4.74 Å². The Labute approximate surface area is 170 Å². The van der Waals surface area contributed by atoms with Gasteiger partial charge in [0.05, 0.1) is 20.8 Å². The molecule has 0 saturated carbocycles. The first kappa shape index (κ1) is 20.0. The maximum Gasteiger partial charge on any atom is 0.345 e. The number of benzene rings is 2. The lowest BCUT2D eigenvalue weighted by molar-refractivity contribution is -0.385. The summed E-state index contributed by atoms with van der Waals surface area (Å²) in [5, 5.41) is 23.1. The van der Waals surface area contributed by atoms with Gasteiger partial charge in [-0.3, -0.25) is 25.0 Å². The van der Waals surface area contributed by atoms with Crippen LogP contribution in [0.15, 0.2) is 53.9 Å². The summed E-state index contributed by atoms with van der Waals surface area (Å²) in [5.74, 6) is -1.85. The molecule has 0 radical (unpaired) electrons. The van der Waals surface area contributed by atoms with E-state index in [1.807, 2.05) is 0 Å². The molecular weight excluding hydrogens is 422 g/mol. The van der Waals surface area contributed by atoms with Gasteiger partial charge in [0, 0.05) is 29.8 Å². The maximum absolute atomic E-state index is 12.8. The average Bonchev–Trinajstić information content (AvgIpc) is 3.07. The van der Waals surface area contributed by atoms with Crippen molar-refractivity contribution in [3.05, 3.63) is 89.2 Å². The molecule has 2 aromatic carbocycles. The van der Waals surface area contributed by atoms with Crippen molar-refractivity contribution in [2.24, 2.45) is 0 Å². The quantitative estimate of drug-likeness (QED) is 0.256. The smallest absolute Gasteiger partial charge is 0.345 e. The molecule has 0 atom stereocenters. The lowest BCUT2D eigenvalue weighted by Crippen LogP contribution is -2.17. The molecule has 1 heterocycles. The van der Waals surface area contributed by atoms with E-state index in [4.69, 9.17) is 17.0 Å². The van der Waals surface area contributed by atoms with Crippen molar-refractivity contribution < 1.29 is 24.2 Å². The fraction of sp³-hybridized carbons (Fsp3) is 0. The molecule has 3 rings (SSSR count). The fourth-order valence-electron chi connectivity index (χ4n) is 2.33. The Morgan fingerprint density at radius 2 is 1.52 bits per heavy atom. The van der Waals surface area contributed by atoms with Gasteiger partial charge in [-0.25, -0.2) is 9.36 Å². The molecule has 0 unspecified atom stereocenters. The molecule has 3 aromatic rings. The summed E-state index contributed by atoms with van der Waals surface area (Å²) in [6.45, 7) is 0. The van der Waals surface area contributed by atoms with E-state index in [1.54, 1.807) is 0 Å². The van der Waals surface area contributed by atoms with Crippen LogP contribution in [0.25, 0.3) is 0 Å². The van der Waals surface area contributed by atoms with Crippen LogP contribution in [0.5, 0.6) is 5.88 Å². The summed E-state index contributed by atoms with van der Waals surface area (Å²) in [6, 6.07) is 9.91. The molecule has 12 heteroatoms. The number of hydrogen-bond donors (Lipinski definition) is 0. The molecular formula is C17H9N3O7S2. The Balaban J connectivity index is 1.93. The fourth-order valence-corrected chi connectivity index (χ4v) is 3.28. The number of nitrogens with zero attached hydrogens (tertiary/aromatic N) is 3. The maximum atomic E-state index is 12.8. The Bertz CT molecular complexity index is 1220. The molecule has 146 valence electrons. The predicted molar refractivity (Wildman–Crippen MR) is 104 cm³/mol. The first-order valence-corrected chi connectivity index (χ1v) is 9.03. The third kappa shape index (κ3) is 4.23. The number of thiazole rings is 1. The number of carbonyl (C=O) groups is 2. The normalized spacial score (nSPS) is 10.3. The number of ether oxygens (including phenoxy) is 1. The van der Waals surface area contributed by atoms with E-state index >= 15 is 0 Å². The van der Waals surface area contributed by atoms with E-state index in [9.17, 15) is 29.8 Å². The summed E-state index contributed by atoms with van der Waals surface area (Å²) in [6.07, 6.45) is 0. The Morgan fingerprint density at radius 1 is 0.966 bits per heavy atom. The molecule has 29 heavy (non-hydrogen) atoms. The van der Waals surface area contributed by atoms with Gasteiger partial charge >= 0.3 is 5.97 Å². The topological polar surface area (TPSA) is 135 Å². The number of hydrogen-bond acceptors (Lipinski definition) is 9. The van der Waals surface area contributed by atoms with Crippen LogP contribution in [-0.4, -0.2) is 26.3 Å². The Hall–Kier alpha value is -3.77. The molecule has 1 aromatic heterocycles. The van der Waals surface area contributed by atoms with Crippen molar-refractivity contribution in [3.8, 4) is 5.88 Å². The minimum atomic E-state index is -0.929. The number of aromatic nitrogens is 1. The highest BCUT2D eigenvalue weighted by atomic mass is 32.1. The second-order valence-electron chi connectivity index (χ2n) is 5.48. The zero-order chi connectivity index (χ0) is 21.1. The molecule has 0 aliphatic rings. The summed E-state index contributed by atoms with van der Waals surface area (Å²) in [5.41, 5.74) is -0.700. The van der Waals surface area contributed by atoms with E-state index in [0.29, 0.717) is 0 Å². The molecule has 0 aliphatic heterocycles. The third-order valence-electron chi connectivity index (χ3n) is 3.66. The monoisotopic (exact) mass is 431 g/mol. The van der Waals surface area contributed by atoms with Crippen LogP contribution in [0.3, 0.4) is 0 Å². The van der Waals surface area contributed by atoms with Crippen molar-refractivity contribution >= 4 is 46.8 Å². The van der Waals surface area contributed by atoms with E-state index < -0.39 is 21.7 Å². The molecule has 0 saturated heterocycles. The van der Waals surface area contributed by atoms with Crippen molar-refractivity contribution in [3.63, 3.8) is 0 Å². The van der Waals surface area contributed by atoms with Crippen molar-refractivity contribution in [1.82, 2.24) is 4.57 Å². The van der Waals surface area contributed by atoms with Gasteiger partial charge in [0.1, 0.15) is 0 Å². The van der Waals surface area contributed by atoms with E-state index in [0.717, 1.165) is 28.0 Å². The number of esters is 1. The van der Waals surface area contributed by atoms with Crippen molar-refractivity contribution in [2.45, 2.75) is 0 Å². The standard InChI is InChI=1S/C17H9N3O7S2/c21-15(10-3-1-5-12(7-10)19(23)24)18-14(9-29-17(18)28)27-16(22)11-4-2-6-13(8-11)20(25)26/h1-9H. The average molecular weight is 431 g/mol. The zero-order valence-electron chi connectivity index (χ0n) is 14.2. The van der Waals surface area contributed by atoms with E-state index in [1.165, 1.54) is 41.8 Å². The number of non-ortho nitro benzene ring substituents is 2. The van der Waals surface area contributed by atoms with Crippen LogP contribution in [0, 0.1) is 24.2 Å². The van der Waals surface area contributed by atoms with Gasteiger partial charge in [0.2, 0.25) is 5.88 Å². The van der Waals surface area contributed by atoms with Gasteiger partial charge in [-0.1, -0.05) is 12.1 Å². The van der Waals surface area contributed by atoms with Gasteiger partial charge in [-0.2, -0.15) is 0 Å². The van der Waals surface area contributed by atoms with E-state index in [-0.39, 0.29) is 32.3 Å². The lowest BCUT2D eigenvalue weighted by atomic mass is 10.2. The molecule has 0 bridgehead atoms. The third-order valence-corrected chi connectivity index (χ3v) is 4.84. The highest BCUT2D eigenvalue weighted by Gasteiger charge is 2.21. The predicted octanol–water partition coefficient (Wildman–Crippen LogP) is 4.00. The molecule has 10 nitrogen and oxygen atoms in total. The molecule has 0 fully saturated rings. The number of nitro benzene ring substituents is 2. The minimum Gasteiger partial charge on any atom is -0.404 e. The summed E-state index contributed by atoms with van der Waals surface area (Å²) < 4.78 is 6.18. The summed E-state index contributed by atoms with van der Waals surface area (Å²) in [4.78, 5) is 45.6. The first-order valence-electron chi connectivity index (χ1n) is 7.74. The number of carbonyl (C=O) groups excluding carboxylic acids is 2. The Kier molecular flexibility index (Phi) is 5.57. The van der Waals surface area contributed by atoms with Crippen LogP contribution < -0.4 is 4.74 Å². The van der Waals surface area contributed by atoms with Crippen LogP contribution >= 0.6 is 23.6 Å². The van der Waals surface area contributed by atoms with Gasteiger partial charge in [0.15, 0.2) is 3.95 Å². The van der Waals surface area contributed by atoms with Crippen molar-refractivity contribution in [2.75, 3.05) is 0 Å². The highest BCUT2D eigenvalue weighted by Crippen LogP contribution is 2.24. The van der Waals surface area contributed by atoms with E-state index in [2.05, 4.69) is 0 Å². The summed E-state index contributed by atoms with van der Waals surface area (Å²) in [7, 11) is 0. The first-order chi connectivity index (χ1) is 13.8. The lowest BCUT2D eigenvalue weighted by Gasteiger charge is -2.08. The SMILES string of the molecule is O=C(Oc1csc(=S)n1C(=O)c1cccc([N+](=O)[O-])c1)c1cccc([N+](=O)[O-])c1. The van der Waals surface area contributed by atoms with Crippen LogP contribution in [0.1, 0.15) is 20.7 Å². The van der Waals surface area contributed by atoms with Gasteiger partial charge in [0.25, 0.3) is 17.3 Å². The van der Waals surface area contributed by atoms with Crippen molar-refractivity contribution in [1.29, 1.82) is 0 Å². The van der Waals surface area contributed by atoms with Gasteiger partial charge in [-0.05, 0) is 24.4 Å². The second-order valence-corrected chi connectivity index (χ2v) is 6.99. The van der Waals surface area contributed by atoms with Gasteiger partial charge in [-0.15, -0.1) is 11.3 Å². The van der Waals surface area contributed by atoms with Crippen LogP contribution in [0.4, 0.5) is 11.4 Å². The number of nitro groups is 2. The zero-order valence-corrected chi connectivity index (χ0v) is 15.8. The van der Waals surface area contributed by atoms with Crippen LogP contribution in [0.2, 0.25) is 0 Å². The molecule has 0 N–H and O–H groups in total. The summed E-state index contributed by atoms with van der Waals surface area (Å²) >= 11 is 6.05. The molecule has 0 spiro atoms.